The van der Waals surface area contributed by atoms with Crippen LogP contribution in [0.15, 0.2) is 48.1 Å². The maximum Gasteiger partial charge on any atom is -0.0257 e. The molecule has 0 N–H and O–H groups in total. The van der Waals surface area contributed by atoms with E-state index in [-0.39, 0.29) is 0 Å². The Morgan fingerprint density at radius 1 is 1.06 bits per heavy atom. The van der Waals surface area contributed by atoms with Crippen LogP contribution in [0.4, 0.5) is 0 Å². The second kappa shape index (κ2) is 8.81. The summed E-state index contributed by atoms with van der Waals surface area (Å²) in [4.78, 5) is 0. The van der Waals surface area contributed by atoms with Gasteiger partial charge in [0.1, 0.15) is 0 Å². The average molecular weight is 228 g/mol. The van der Waals surface area contributed by atoms with Gasteiger partial charge >= 0.3 is 0 Å². The summed E-state index contributed by atoms with van der Waals surface area (Å²) in [5.74, 6) is 0. The van der Waals surface area contributed by atoms with Crippen molar-refractivity contribution in [3.63, 3.8) is 0 Å². The maximum atomic E-state index is 2.34. The quantitative estimate of drug-likeness (QED) is 0.420. The monoisotopic (exact) mass is 228 g/mol. The van der Waals surface area contributed by atoms with E-state index in [9.17, 15) is 0 Å². The van der Waals surface area contributed by atoms with Crippen molar-refractivity contribution in [3.05, 3.63) is 53.6 Å². The highest BCUT2D eigenvalue weighted by Gasteiger charge is 1.87. The van der Waals surface area contributed by atoms with E-state index in [2.05, 4.69) is 56.3 Å². The lowest BCUT2D eigenvalue weighted by Gasteiger charge is -1.96. The number of allylic oxidation sites excluding steroid dienone is 3. The van der Waals surface area contributed by atoms with Crippen LogP contribution in [0.2, 0.25) is 0 Å². The van der Waals surface area contributed by atoms with Crippen LogP contribution in [0.5, 0.6) is 0 Å². The molecule has 1 aromatic rings. The molecule has 0 heteroatoms. The summed E-state index contributed by atoms with van der Waals surface area (Å²) in [6.07, 6.45) is 13.3. The highest BCUT2D eigenvalue weighted by Crippen LogP contribution is 2.08. The van der Waals surface area contributed by atoms with E-state index in [4.69, 9.17) is 0 Å². The van der Waals surface area contributed by atoms with Crippen LogP contribution >= 0.6 is 0 Å². The average Bonchev–Trinajstić information content (AvgIpc) is 2.37. The van der Waals surface area contributed by atoms with Crippen LogP contribution in [0.3, 0.4) is 0 Å². The third-order valence-corrected chi connectivity index (χ3v) is 2.86. The van der Waals surface area contributed by atoms with Gasteiger partial charge in [-0.05, 0) is 25.3 Å². The molecule has 0 atom stereocenters. The number of rotatable bonds is 7. The van der Waals surface area contributed by atoms with Crippen LogP contribution in [0.25, 0.3) is 6.08 Å². The predicted molar refractivity (Wildman–Crippen MR) is 78.0 cm³/mol. The molecule has 0 radical (unpaired) electrons. The van der Waals surface area contributed by atoms with Gasteiger partial charge in [0.2, 0.25) is 0 Å². The molecule has 0 spiro atoms. The van der Waals surface area contributed by atoms with E-state index in [0.717, 1.165) is 0 Å². The first-order chi connectivity index (χ1) is 8.33. The van der Waals surface area contributed by atoms with E-state index < -0.39 is 0 Å². The fourth-order valence-electron chi connectivity index (χ4n) is 1.76. The van der Waals surface area contributed by atoms with Crippen LogP contribution in [0.1, 0.15) is 51.5 Å². The standard InChI is InChI=1S/C17H24/c1-3-4-5-6-8-11-16(2)14-15-17-12-9-7-10-13-17/h7,9-15H,3-6,8H2,1-2H3/b15-14+,16-11+. The molecule has 0 unspecified atom stereocenters. The van der Waals surface area contributed by atoms with Gasteiger partial charge in [0.25, 0.3) is 0 Å². The van der Waals surface area contributed by atoms with Crippen LogP contribution in [-0.2, 0) is 0 Å². The Hall–Kier alpha value is -1.30. The van der Waals surface area contributed by atoms with Crippen molar-refractivity contribution < 1.29 is 0 Å². The highest BCUT2D eigenvalue weighted by atomic mass is 13.9. The van der Waals surface area contributed by atoms with E-state index in [1.165, 1.54) is 43.2 Å². The van der Waals surface area contributed by atoms with Gasteiger partial charge in [0, 0.05) is 0 Å². The van der Waals surface area contributed by atoms with Gasteiger partial charge in [-0.2, -0.15) is 0 Å². The van der Waals surface area contributed by atoms with Crippen molar-refractivity contribution in [2.24, 2.45) is 0 Å². The number of hydrogen-bond donors (Lipinski definition) is 0. The van der Waals surface area contributed by atoms with Gasteiger partial charge in [-0.25, -0.2) is 0 Å². The SMILES string of the molecule is CCCCCC/C=C(C)/C=C/c1ccccc1. The summed E-state index contributed by atoms with van der Waals surface area (Å²) in [5.41, 5.74) is 2.64. The molecule has 92 valence electrons. The topological polar surface area (TPSA) is 0 Å². The molecule has 1 aromatic carbocycles. The van der Waals surface area contributed by atoms with Crippen molar-refractivity contribution in [1.29, 1.82) is 0 Å². The summed E-state index contributed by atoms with van der Waals surface area (Å²) < 4.78 is 0. The first-order valence-electron chi connectivity index (χ1n) is 6.73. The zero-order valence-corrected chi connectivity index (χ0v) is 11.2. The third-order valence-electron chi connectivity index (χ3n) is 2.86. The zero-order chi connectivity index (χ0) is 12.3. The smallest absolute Gasteiger partial charge is 0.0257 e. The Kier molecular flexibility index (Phi) is 7.13. The van der Waals surface area contributed by atoms with Crippen molar-refractivity contribution >= 4 is 6.08 Å². The molecule has 0 aliphatic carbocycles. The lowest BCUT2D eigenvalue weighted by atomic mass is 10.1. The molecule has 1 rings (SSSR count). The lowest BCUT2D eigenvalue weighted by Crippen LogP contribution is -1.76. The number of benzene rings is 1. The minimum Gasteiger partial charge on any atom is -0.0816 e. The maximum absolute atomic E-state index is 2.34. The Labute approximate surface area is 106 Å². The molecule has 0 bridgehead atoms. The second-order valence-corrected chi connectivity index (χ2v) is 4.54. The molecule has 0 heterocycles. The van der Waals surface area contributed by atoms with Crippen molar-refractivity contribution in [2.75, 3.05) is 0 Å². The molecule has 0 aromatic heterocycles. The fourth-order valence-corrected chi connectivity index (χ4v) is 1.76. The summed E-state index contributed by atoms with van der Waals surface area (Å²) in [6, 6.07) is 10.5. The van der Waals surface area contributed by atoms with Crippen LogP contribution < -0.4 is 0 Å². The van der Waals surface area contributed by atoms with Gasteiger partial charge in [-0.3, -0.25) is 0 Å². The minimum absolute atomic E-state index is 1.21. The minimum atomic E-state index is 1.21. The van der Waals surface area contributed by atoms with Crippen LogP contribution in [0, 0.1) is 0 Å². The molecule has 0 saturated carbocycles. The number of hydrogen-bond acceptors (Lipinski definition) is 0. The molecule has 0 fully saturated rings. The van der Waals surface area contributed by atoms with Crippen molar-refractivity contribution in [2.45, 2.75) is 46.0 Å². The Balaban J connectivity index is 2.30. The molecule has 0 aliphatic rings. The predicted octanol–water partition coefficient (Wildman–Crippen LogP) is 5.62. The van der Waals surface area contributed by atoms with Gasteiger partial charge in [-0.1, -0.05) is 80.3 Å². The first-order valence-corrected chi connectivity index (χ1v) is 6.73. The summed E-state index contributed by atoms with van der Waals surface area (Å²) >= 11 is 0. The molecular weight excluding hydrogens is 204 g/mol. The highest BCUT2D eigenvalue weighted by molar-refractivity contribution is 5.52. The molecule has 0 aliphatic heterocycles. The van der Waals surface area contributed by atoms with Gasteiger partial charge in [0.15, 0.2) is 0 Å². The van der Waals surface area contributed by atoms with Crippen molar-refractivity contribution in [3.8, 4) is 0 Å². The van der Waals surface area contributed by atoms with Gasteiger partial charge in [0.05, 0.1) is 0 Å². The summed E-state index contributed by atoms with van der Waals surface area (Å²) in [6.45, 7) is 4.43. The Morgan fingerprint density at radius 2 is 1.82 bits per heavy atom. The summed E-state index contributed by atoms with van der Waals surface area (Å²) in [7, 11) is 0. The molecule has 0 amide bonds. The molecule has 0 nitrogen and oxygen atoms in total. The summed E-state index contributed by atoms with van der Waals surface area (Å²) in [5, 5.41) is 0. The van der Waals surface area contributed by atoms with E-state index in [1.54, 1.807) is 0 Å². The van der Waals surface area contributed by atoms with E-state index in [0.29, 0.717) is 0 Å². The van der Waals surface area contributed by atoms with E-state index in [1.807, 2.05) is 6.07 Å². The Morgan fingerprint density at radius 3 is 2.53 bits per heavy atom. The lowest BCUT2D eigenvalue weighted by molar-refractivity contribution is 0.674. The largest absolute Gasteiger partial charge is 0.0816 e. The Bertz CT molecular complexity index is 344. The molecule has 0 saturated heterocycles. The second-order valence-electron chi connectivity index (χ2n) is 4.54. The van der Waals surface area contributed by atoms with Gasteiger partial charge in [-0.15, -0.1) is 0 Å². The number of unbranched alkanes of at least 4 members (excludes halogenated alkanes) is 4. The van der Waals surface area contributed by atoms with Gasteiger partial charge < -0.3 is 0 Å². The zero-order valence-electron chi connectivity index (χ0n) is 11.2. The first kappa shape index (κ1) is 13.8. The molecule has 17 heavy (non-hydrogen) atoms. The van der Waals surface area contributed by atoms with E-state index >= 15 is 0 Å². The normalized spacial score (nSPS) is 12.2. The van der Waals surface area contributed by atoms with Crippen molar-refractivity contribution in [1.82, 2.24) is 0 Å². The fraction of sp³-hybridized carbons (Fsp3) is 0.412. The molecular formula is C17H24. The van der Waals surface area contributed by atoms with Crippen LogP contribution in [-0.4, -0.2) is 0 Å². The third kappa shape index (κ3) is 6.78.